The average Bonchev–Trinajstić information content (AvgIpc) is 3.26. The number of ether oxygens (including phenoxy) is 2. The third-order valence-corrected chi connectivity index (χ3v) is 5.22. The van der Waals surface area contributed by atoms with Crippen molar-refractivity contribution < 1.29 is 27.5 Å². The van der Waals surface area contributed by atoms with Gasteiger partial charge in [-0.25, -0.2) is 0 Å². The lowest BCUT2D eigenvalue weighted by atomic mass is 10.0. The first kappa shape index (κ1) is 22.8. The molecule has 0 atom stereocenters. The number of halogens is 2. The number of benzene rings is 1. The molecule has 0 spiro atoms. The summed E-state index contributed by atoms with van der Waals surface area (Å²) in [6.07, 6.45) is 6.54. The van der Waals surface area contributed by atoms with Crippen LogP contribution in [0.5, 0.6) is 11.5 Å². The van der Waals surface area contributed by atoms with Gasteiger partial charge in [-0.3, -0.25) is 4.79 Å². The summed E-state index contributed by atoms with van der Waals surface area (Å²) >= 11 is 0. The number of alkyl halides is 2. The predicted octanol–water partition coefficient (Wildman–Crippen LogP) is 4.42. The second kappa shape index (κ2) is 10.9. The zero-order chi connectivity index (χ0) is 22.2. The maximum Gasteiger partial charge on any atom is 0.387 e. The minimum Gasteiger partial charge on any atom is -0.490 e. The van der Waals surface area contributed by atoms with Gasteiger partial charge in [0.15, 0.2) is 11.5 Å². The van der Waals surface area contributed by atoms with E-state index in [9.17, 15) is 13.6 Å². The number of carbonyl (C=O) groups excluding carboxylic acids is 1. The van der Waals surface area contributed by atoms with Crippen LogP contribution in [0.1, 0.15) is 31.1 Å². The Balaban J connectivity index is 1.76. The molecule has 1 fully saturated rings. The number of rotatable bonds is 9. The molecular formula is C23H28F2N2O4. The molecule has 0 aliphatic carbocycles. The minimum absolute atomic E-state index is 0.0360. The van der Waals surface area contributed by atoms with Gasteiger partial charge in [-0.05, 0) is 75.8 Å². The standard InChI is InChI=1S/C23H28F2N2O4/c1-3-29-21-15-17(6-8-20(21)31-23(24)25)7-9-22(28)27(16-19-5-4-14-30-19)18-10-12-26(2)13-11-18/h4-9,14-15,18,23H,3,10-13,16H2,1-2H3/b9-7+. The van der Waals surface area contributed by atoms with Crippen LogP contribution in [0.25, 0.3) is 6.08 Å². The summed E-state index contributed by atoms with van der Waals surface area (Å²) < 4.78 is 40.5. The first-order valence-electron chi connectivity index (χ1n) is 10.4. The lowest BCUT2D eigenvalue weighted by Crippen LogP contribution is -2.45. The SMILES string of the molecule is CCOc1cc(/C=C/C(=O)N(Cc2ccco2)C2CCN(C)CC2)ccc1OC(F)F. The molecule has 1 amide bonds. The Morgan fingerprint density at radius 2 is 2.06 bits per heavy atom. The van der Waals surface area contributed by atoms with Gasteiger partial charge in [0.25, 0.3) is 0 Å². The minimum atomic E-state index is -2.94. The van der Waals surface area contributed by atoms with Crippen molar-refractivity contribution in [2.45, 2.75) is 39.0 Å². The first-order chi connectivity index (χ1) is 15.0. The first-order valence-corrected chi connectivity index (χ1v) is 10.4. The molecule has 1 aliphatic heterocycles. The lowest BCUT2D eigenvalue weighted by molar-refractivity contribution is -0.130. The highest BCUT2D eigenvalue weighted by molar-refractivity contribution is 5.92. The summed E-state index contributed by atoms with van der Waals surface area (Å²) in [5.74, 6) is 0.774. The molecule has 0 saturated carbocycles. The smallest absolute Gasteiger partial charge is 0.387 e. The molecule has 2 aromatic rings. The molecule has 6 nitrogen and oxygen atoms in total. The fourth-order valence-corrected chi connectivity index (χ4v) is 3.62. The third kappa shape index (κ3) is 6.55. The zero-order valence-electron chi connectivity index (χ0n) is 17.8. The van der Waals surface area contributed by atoms with Crippen LogP contribution >= 0.6 is 0 Å². The Bertz CT molecular complexity index is 862. The number of likely N-dealkylation sites (tertiary alicyclic amines) is 1. The number of nitrogens with zero attached hydrogens (tertiary/aromatic N) is 2. The number of piperidine rings is 1. The van der Waals surface area contributed by atoms with Gasteiger partial charge in [-0.2, -0.15) is 8.78 Å². The van der Waals surface area contributed by atoms with Crippen LogP contribution in [0.4, 0.5) is 8.78 Å². The highest BCUT2D eigenvalue weighted by atomic mass is 19.3. The van der Waals surface area contributed by atoms with Crippen LogP contribution in [0.2, 0.25) is 0 Å². The van der Waals surface area contributed by atoms with Crippen molar-refractivity contribution in [1.29, 1.82) is 0 Å². The van der Waals surface area contributed by atoms with E-state index in [1.807, 2.05) is 11.0 Å². The van der Waals surface area contributed by atoms with Gasteiger partial charge in [-0.15, -0.1) is 0 Å². The van der Waals surface area contributed by atoms with Crippen molar-refractivity contribution >= 4 is 12.0 Å². The number of amides is 1. The Labute approximate surface area is 181 Å². The van der Waals surface area contributed by atoms with E-state index in [1.54, 1.807) is 37.5 Å². The van der Waals surface area contributed by atoms with E-state index in [-0.39, 0.29) is 23.4 Å². The van der Waals surface area contributed by atoms with E-state index in [0.29, 0.717) is 18.7 Å². The molecule has 8 heteroatoms. The van der Waals surface area contributed by atoms with Crippen molar-refractivity contribution in [3.8, 4) is 11.5 Å². The van der Waals surface area contributed by atoms with E-state index in [2.05, 4.69) is 16.7 Å². The summed E-state index contributed by atoms with van der Waals surface area (Å²) in [6.45, 7) is 1.38. The molecule has 2 heterocycles. The zero-order valence-corrected chi connectivity index (χ0v) is 17.8. The molecule has 3 rings (SSSR count). The summed E-state index contributed by atoms with van der Waals surface area (Å²) in [6, 6.07) is 8.39. The maximum atomic E-state index is 13.1. The highest BCUT2D eigenvalue weighted by Crippen LogP contribution is 2.30. The van der Waals surface area contributed by atoms with Crippen LogP contribution in [0.15, 0.2) is 47.1 Å². The van der Waals surface area contributed by atoms with Crippen LogP contribution in [-0.2, 0) is 11.3 Å². The lowest BCUT2D eigenvalue weighted by Gasteiger charge is -2.36. The third-order valence-electron chi connectivity index (χ3n) is 5.22. The fraction of sp³-hybridized carbons (Fsp3) is 0.435. The highest BCUT2D eigenvalue weighted by Gasteiger charge is 2.26. The van der Waals surface area contributed by atoms with E-state index >= 15 is 0 Å². The second-order valence-corrected chi connectivity index (χ2v) is 7.43. The van der Waals surface area contributed by atoms with Gasteiger partial charge >= 0.3 is 6.61 Å². The van der Waals surface area contributed by atoms with Crippen molar-refractivity contribution in [3.63, 3.8) is 0 Å². The normalized spacial score (nSPS) is 15.5. The van der Waals surface area contributed by atoms with Crippen LogP contribution < -0.4 is 9.47 Å². The number of hydrogen-bond acceptors (Lipinski definition) is 5. The van der Waals surface area contributed by atoms with Crippen molar-refractivity contribution in [3.05, 3.63) is 54.0 Å². The summed E-state index contributed by atoms with van der Waals surface area (Å²) in [7, 11) is 2.08. The van der Waals surface area contributed by atoms with Crippen LogP contribution in [0, 0.1) is 0 Å². The molecule has 1 aromatic carbocycles. The Morgan fingerprint density at radius 3 is 2.71 bits per heavy atom. The molecule has 168 valence electrons. The molecule has 1 aliphatic rings. The van der Waals surface area contributed by atoms with Gasteiger partial charge < -0.3 is 23.7 Å². The molecule has 1 aromatic heterocycles. The molecule has 0 radical (unpaired) electrons. The van der Waals surface area contributed by atoms with E-state index < -0.39 is 6.61 Å². The topological polar surface area (TPSA) is 55.2 Å². The quantitative estimate of drug-likeness (QED) is 0.547. The van der Waals surface area contributed by atoms with Crippen molar-refractivity contribution in [1.82, 2.24) is 9.80 Å². The molecule has 0 N–H and O–H groups in total. The number of carbonyl (C=O) groups is 1. The van der Waals surface area contributed by atoms with Crippen molar-refractivity contribution in [2.24, 2.45) is 0 Å². The van der Waals surface area contributed by atoms with Gasteiger partial charge in [0.1, 0.15) is 5.76 Å². The maximum absolute atomic E-state index is 13.1. The molecule has 1 saturated heterocycles. The average molecular weight is 434 g/mol. The van der Waals surface area contributed by atoms with Crippen LogP contribution in [0.3, 0.4) is 0 Å². The van der Waals surface area contributed by atoms with Gasteiger partial charge in [0, 0.05) is 12.1 Å². The van der Waals surface area contributed by atoms with E-state index in [0.717, 1.165) is 31.7 Å². The summed E-state index contributed by atoms with van der Waals surface area (Å²) in [5, 5.41) is 0. The van der Waals surface area contributed by atoms with Crippen LogP contribution in [-0.4, -0.2) is 55.1 Å². The fourth-order valence-electron chi connectivity index (χ4n) is 3.62. The molecular weight excluding hydrogens is 406 g/mol. The second-order valence-electron chi connectivity index (χ2n) is 7.43. The molecule has 0 unspecified atom stereocenters. The van der Waals surface area contributed by atoms with Gasteiger partial charge in [0.2, 0.25) is 5.91 Å². The summed E-state index contributed by atoms with van der Waals surface area (Å²) in [5.41, 5.74) is 0.653. The van der Waals surface area contributed by atoms with Crippen molar-refractivity contribution in [2.75, 3.05) is 26.7 Å². The van der Waals surface area contributed by atoms with Gasteiger partial charge in [-0.1, -0.05) is 6.07 Å². The Morgan fingerprint density at radius 1 is 1.29 bits per heavy atom. The van der Waals surface area contributed by atoms with E-state index in [4.69, 9.17) is 9.15 Å². The Kier molecular flexibility index (Phi) is 8.06. The summed E-state index contributed by atoms with van der Waals surface area (Å²) in [4.78, 5) is 17.2. The molecule has 0 bridgehead atoms. The monoisotopic (exact) mass is 434 g/mol. The van der Waals surface area contributed by atoms with Gasteiger partial charge in [0.05, 0.1) is 19.4 Å². The number of furan rings is 1. The molecule has 31 heavy (non-hydrogen) atoms. The van der Waals surface area contributed by atoms with E-state index in [1.165, 1.54) is 12.1 Å². The number of hydrogen-bond donors (Lipinski definition) is 0. The largest absolute Gasteiger partial charge is 0.490 e. The predicted molar refractivity (Wildman–Crippen MR) is 113 cm³/mol. The Hall–Kier alpha value is -2.87.